The van der Waals surface area contributed by atoms with Crippen LogP contribution in [0.1, 0.15) is 31.3 Å². The Morgan fingerprint density at radius 3 is 2.57 bits per heavy atom. The highest BCUT2D eigenvalue weighted by molar-refractivity contribution is 5.76. The minimum Gasteiger partial charge on any atom is -0.356 e. The van der Waals surface area contributed by atoms with Crippen LogP contribution in [0, 0.1) is 0 Å². The number of amides is 1. The molecule has 118 valence electrons. The molecule has 2 aromatic carbocycles. The molecule has 4 nitrogen and oxygen atoms in total. The number of hydrogen-bond acceptors (Lipinski definition) is 2. The molecule has 1 N–H and O–H groups in total. The van der Waals surface area contributed by atoms with Crippen LogP contribution >= 0.6 is 0 Å². The minimum atomic E-state index is -0.0104. The zero-order chi connectivity index (χ0) is 16.2. The average molecular weight is 307 g/mol. The summed E-state index contributed by atoms with van der Waals surface area (Å²) in [5.74, 6) is 0.986. The zero-order valence-electron chi connectivity index (χ0n) is 13.5. The molecule has 0 aliphatic heterocycles. The number of hydrogen-bond donors (Lipinski definition) is 1. The van der Waals surface area contributed by atoms with E-state index in [4.69, 9.17) is 4.98 Å². The summed E-state index contributed by atoms with van der Waals surface area (Å²) in [5, 5.41) is 2.85. The quantitative estimate of drug-likeness (QED) is 0.786. The first kappa shape index (κ1) is 15.3. The number of carbonyl (C=O) groups is 1. The SMILES string of the molecule is CC(=O)NCCc1nc2ccccc2n1C(C)c1ccccc1. The maximum absolute atomic E-state index is 11.1. The van der Waals surface area contributed by atoms with Crippen LogP contribution in [0.3, 0.4) is 0 Å². The van der Waals surface area contributed by atoms with Gasteiger partial charge < -0.3 is 9.88 Å². The minimum absolute atomic E-state index is 0.0104. The Morgan fingerprint density at radius 2 is 1.83 bits per heavy atom. The van der Waals surface area contributed by atoms with Crippen molar-refractivity contribution in [2.75, 3.05) is 6.54 Å². The van der Waals surface area contributed by atoms with E-state index in [1.807, 2.05) is 24.3 Å². The van der Waals surface area contributed by atoms with E-state index in [1.54, 1.807) is 0 Å². The molecular weight excluding hydrogens is 286 g/mol. The van der Waals surface area contributed by atoms with Crippen LogP contribution in [0.25, 0.3) is 11.0 Å². The molecule has 0 aliphatic rings. The monoisotopic (exact) mass is 307 g/mol. The molecule has 0 saturated heterocycles. The number of aromatic nitrogens is 2. The number of nitrogens with zero attached hydrogens (tertiary/aromatic N) is 2. The third kappa shape index (κ3) is 3.26. The van der Waals surface area contributed by atoms with E-state index in [-0.39, 0.29) is 11.9 Å². The molecule has 1 unspecified atom stereocenters. The number of benzene rings is 2. The summed E-state index contributed by atoms with van der Waals surface area (Å²) in [6.45, 7) is 4.32. The van der Waals surface area contributed by atoms with Gasteiger partial charge in [-0.2, -0.15) is 0 Å². The van der Waals surface area contributed by atoms with Crippen molar-refractivity contribution in [3.63, 3.8) is 0 Å². The van der Waals surface area contributed by atoms with Gasteiger partial charge in [-0.3, -0.25) is 4.79 Å². The fourth-order valence-electron chi connectivity index (χ4n) is 2.93. The molecular formula is C19H21N3O. The highest BCUT2D eigenvalue weighted by atomic mass is 16.1. The highest BCUT2D eigenvalue weighted by Gasteiger charge is 2.16. The first-order valence-electron chi connectivity index (χ1n) is 7.92. The maximum Gasteiger partial charge on any atom is 0.216 e. The molecule has 23 heavy (non-hydrogen) atoms. The van der Waals surface area contributed by atoms with Gasteiger partial charge in [-0.05, 0) is 24.6 Å². The molecule has 1 aromatic heterocycles. The summed E-state index contributed by atoms with van der Waals surface area (Å²) in [6.07, 6.45) is 0.714. The molecule has 4 heteroatoms. The molecule has 0 radical (unpaired) electrons. The Labute approximate surface area is 136 Å². The maximum atomic E-state index is 11.1. The predicted octanol–water partition coefficient (Wildman–Crippen LogP) is 3.32. The lowest BCUT2D eigenvalue weighted by atomic mass is 10.1. The molecule has 1 heterocycles. The molecule has 0 fully saturated rings. The van der Waals surface area contributed by atoms with Gasteiger partial charge >= 0.3 is 0 Å². The Balaban J connectivity index is 2.00. The van der Waals surface area contributed by atoms with Crippen molar-refractivity contribution < 1.29 is 4.79 Å². The van der Waals surface area contributed by atoms with Crippen molar-refractivity contribution in [1.82, 2.24) is 14.9 Å². The van der Waals surface area contributed by atoms with Gasteiger partial charge in [0, 0.05) is 19.9 Å². The molecule has 0 aliphatic carbocycles. The van der Waals surface area contributed by atoms with Crippen molar-refractivity contribution in [3.05, 3.63) is 66.0 Å². The lowest BCUT2D eigenvalue weighted by molar-refractivity contribution is -0.118. The van der Waals surface area contributed by atoms with Crippen LogP contribution in [0.15, 0.2) is 54.6 Å². The summed E-state index contributed by atoms with van der Waals surface area (Å²) >= 11 is 0. The van der Waals surface area contributed by atoms with E-state index >= 15 is 0 Å². The van der Waals surface area contributed by atoms with Crippen LogP contribution in [0.5, 0.6) is 0 Å². The molecule has 3 aromatic rings. The van der Waals surface area contributed by atoms with E-state index in [1.165, 1.54) is 12.5 Å². The summed E-state index contributed by atoms with van der Waals surface area (Å²) in [7, 11) is 0. The van der Waals surface area contributed by atoms with Crippen LogP contribution in [0.2, 0.25) is 0 Å². The topological polar surface area (TPSA) is 46.9 Å². The Morgan fingerprint density at radius 1 is 1.13 bits per heavy atom. The second-order valence-electron chi connectivity index (χ2n) is 5.71. The molecule has 0 saturated carbocycles. The molecule has 1 amide bonds. The van der Waals surface area contributed by atoms with Gasteiger partial charge in [0.05, 0.1) is 17.1 Å². The van der Waals surface area contributed by atoms with Crippen molar-refractivity contribution in [3.8, 4) is 0 Å². The van der Waals surface area contributed by atoms with E-state index in [0.717, 1.165) is 16.9 Å². The smallest absolute Gasteiger partial charge is 0.216 e. The van der Waals surface area contributed by atoms with Crippen LogP contribution in [0.4, 0.5) is 0 Å². The van der Waals surface area contributed by atoms with Gasteiger partial charge in [-0.25, -0.2) is 4.98 Å². The van der Waals surface area contributed by atoms with Gasteiger partial charge in [-0.15, -0.1) is 0 Å². The van der Waals surface area contributed by atoms with Gasteiger partial charge in [0.1, 0.15) is 5.82 Å². The Bertz CT molecular complexity index is 808. The Hall–Kier alpha value is -2.62. The second kappa shape index (κ2) is 6.65. The third-order valence-corrected chi connectivity index (χ3v) is 4.06. The van der Waals surface area contributed by atoms with E-state index < -0.39 is 0 Å². The van der Waals surface area contributed by atoms with Gasteiger partial charge in [0.25, 0.3) is 0 Å². The standard InChI is InChI=1S/C19H21N3O/c1-14(16-8-4-3-5-9-16)22-18-11-7-6-10-17(18)21-19(22)12-13-20-15(2)23/h3-11,14H,12-13H2,1-2H3,(H,20,23). The number of carbonyl (C=O) groups excluding carboxylic acids is 1. The van der Waals surface area contributed by atoms with Crippen molar-refractivity contribution in [1.29, 1.82) is 0 Å². The summed E-state index contributed by atoms with van der Waals surface area (Å²) in [6, 6.07) is 18.8. The largest absolute Gasteiger partial charge is 0.356 e. The van der Waals surface area contributed by atoms with Crippen LogP contribution < -0.4 is 5.32 Å². The number of nitrogens with one attached hydrogen (secondary N) is 1. The lowest BCUT2D eigenvalue weighted by Crippen LogP contribution is -2.24. The predicted molar refractivity (Wildman–Crippen MR) is 92.4 cm³/mol. The lowest BCUT2D eigenvalue weighted by Gasteiger charge is -2.18. The molecule has 3 rings (SSSR count). The van der Waals surface area contributed by atoms with Crippen LogP contribution in [-0.2, 0) is 11.2 Å². The fourth-order valence-corrected chi connectivity index (χ4v) is 2.93. The summed E-state index contributed by atoms with van der Waals surface area (Å²) < 4.78 is 2.27. The van der Waals surface area contributed by atoms with E-state index in [0.29, 0.717) is 13.0 Å². The third-order valence-electron chi connectivity index (χ3n) is 4.06. The number of para-hydroxylation sites is 2. The van der Waals surface area contributed by atoms with Crippen molar-refractivity contribution in [2.45, 2.75) is 26.3 Å². The number of imidazole rings is 1. The van der Waals surface area contributed by atoms with Crippen molar-refractivity contribution in [2.24, 2.45) is 0 Å². The Kier molecular flexibility index (Phi) is 4.42. The number of rotatable bonds is 5. The van der Waals surface area contributed by atoms with Gasteiger partial charge in [-0.1, -0.05) is 42.5 Å². The fraction of sp³-hybridized carbons (Fsp3) is 0.263. The van der Waals surface area contributed by atoms with E-state index in [2.05, 4.69) is 47.1 Å². The van der Waals surface area contributed by atoms with E-state index in [9.17, 15) is 4.79 Å². The highest BCUT2D eigenvalue weighted by Crippen LogP contribution is 2.26. The van der Waals surface area contributed by atoms with Gasteiger partial charge in [0.2, 0.25) is 5.91 Å². The first-order valence-corrected chi connectivity index (χ1v) is 7.92. The van der Waals surface area contributed by atoms with Crippen LogP contribution in [-0.4, -0.2) is 22.0 Å². The number of fused-ring (bicyclic) bond motifs is 1. The van der Waals surface area contributed by atoms with Gasteiger partial charge in [0.15, 0.2) is 0 Å². The summed E-state index contributed by atoms with van der Waals surface area (Å²) in [4.78, 5) is 15.9. The zero-order valence-corrected chi connectivity index (χ0v) is 13.5. The second-order valence-corrected chi connectivity index (χ2v) is 5.71. The first-order chi connectivity index (χ1) is 11.2. The summed E-state index contributed by atoms with van der Waals surface area (Å²) in [5.41, 5.74) is 3.37. The van der Waals surface area contributed by atoms with Crippen molar-refractivity contribution >= 4 is 16.9 Å². The molecule has 0 bridgehead atoms. The normalized spacial score (nSPS) is 12.3. The molecule has 0 spiro atoms. The average Bonchev–Trinajstić information content (AvgIpc) is 2.93. The molecule has 1 atom stereocenters.